The van der Waals surface area contributed by atoms with Crippen LogP contribution in [0.2, 0.25) is 0 Å². The van der Waals surface area contributed by atoms with Gasteiger partial charge in [-0.2, -0.15) is 0 Å². The number of carbonyl (C=O) groups is 1. The van der Waals surface area contributed by atoms with Crippen LogP contribution in [0, 0.1) is 0 Å². The Morgan fingerprint density at radius 2 is 2.13 bits per heavy atom. The molecule has 0 atom stereocenters. The van der Waals surface area contributed by atoms with E-state index >= 15 is 0 Å². The Kier molecular flexibility index (Phi) is 4.16. The molecule has 0 aromatic heterocycles. The maximum atomic E-state index is 11.4. The van der Waals surface area contributed by atoms with Crippen LogP contribution in [0.4, 0.5) is 11.4 Å². The SMILES string of the molecule is CCCC(=O)Nc1cccc(N(C)C)c1. The van der Waals surface area contributed by atoms with E-state index in [-0.39, 0.29) is 5.91 Å². The zero-order chi connectivity index (χ0) is 11.3. The molecule has 0 aliphatic rings. The molecule has 0 heterocycles. The molecule has 1 amide bonds. The lowest BCUT2D eigenvalue weighted by Crippen LogP contribution is -2.12. The van der Waals surface area contributed by atoms with Crippen molar-refractivity contribution in [2.75, 3.05) is 24.3 Å². The second kappa shape index (κ2) is 5.39. The van der Waals surface area contributed by atoms with Gasteiger partial charge >= 0.3 is 0 Å². The van der Waals surface area contributed by atoms with E-state index in [4.69, 9.17) is 0 Å². The van der Waals surface area contributed by atoms with Gasteiger partial charge in [-0.3, -0.25) is 4.79 Å². The first-order chi connectivity index (χ1) is 7.13. The van der Waals surface area contributed by atoms with E-state index in [1.54, 1.807) is 0 Å². The normalized spacial score (nSPS) is 9.80. The fourth-order valence-electron chi connectivity index (χ4n) is 1.31. The Bertz CT molecular complexity index is 334. The topological polar surface area (TPSA) is 32.3 Å². The van der Waals surface area contributed by atoms with Gasteiger partial charge in [0.1, 0.15) is 0 Å². The molecule has 0 saturated heterocycles. The Morgan fingerprint density at radius 3 is 2.73 bits per heavy atom. The minimum atomic E-state index is 0.0772. The summed E-state index contributed by atoms with van der Waals surface area (Å²) in [6.45, 7) is 2.00. The first-order valence-corrected chi connectivity index (χ1v) is 5.20. The molecule has 1 N–H and O–H groups in total. The molecular formula is C12H18N2O. The van der Waals surface area contributed by atoms with Gasteiger partial charge in [0.25, 0.3) is 0 Å². The molecule has 1 aromatic rings. The number of anilines is 2. The second-order valence-corrected chi connectivity index (χ2v) is 3.74. The van der Waals surface area contributed by atoms with Crippen molar-refractivity contribution in [1.82, 2.24) is 0 Å². The van der Waals surface area contributed by atoms with Crippen LogP contribution in [-0.4, -0.2) is 20.0 Å². The van der Waals surface area contributed by atoms with Crippen molar-refractivity contribution in [3.05, 3.63) is 24.3 Å². The van der Waals surface area contributed by atoms with Gasteiger partial charge < -0.3 is 10.2 Å². The number of hydrogen-bond acceptors (Lipinski definition) is 2. The predicted molar refractivity (Wildman–Crippen MR) is 64.3 cm³/mol. The Morgan fingerprint density at radius 1 is 1.40 bits per heavy atom. The summed E-state index contributed by atoms with van der Waals surface area (Å²) in [5.74, 6) is 0.0772. The van der Waals surface area contributed by atoms with E-state index in [0.717, 1.165) is 17.8 Å². The molecular weight excluding hydrogens is 188 g/mol. The number of nitrogens with zero attached hydrogens (tertiary/aromatic N) is 1. The van der Waals surface area contributed by atoms with Crippen molar-refractivity contribution in [2.24, 2.45) is 0 Å². The highest BCUT2D eigenvalue weighted by Crippen LogP contribution is 2.17. The molecule has 15 heavy (non-hydrogen) atoms. The van der Waals surface area contributed by atoms with Crippen LogP contribution in [-0.2, 0) is 4.79 Å². The molecule has 0 unspecified atom stereocenters. The van der Waals surface area contributed by atoms with Crippen molar-refractivity contribution in [3.8, 4) is 0 Å². The third kappa shape index (κ3) is 3.62. The Hall–Kier alpha value is -1.51. The van der Waals surface area contributed by atoms with E-state index in [2.05, 4.69) is 5.32 Å². The summed E-state index contributed by atoms with van der Waals surface area (Å²) in [7, 11) is 3.96. The van der Waals surface area contributed by atoms with Gasteiger partial charge in [0.15, 0.2) is 0 Å². The molecule has 1 rings (SSSR count). The van der Waals surface area contributed by atoms with Crippen LogP contribution in [0.25, 0.3) is 0 Å². The van der Waals surface area contributed by atoms with Crippen LogP contribution in [0.5, 0.6) is 0 Å². The molecule has 3 nitrogen and oxygen atoms in total. The molecule has 0 radical (unpaired) electrons. The van der Waals surface area contributed by atoms with Crippen LogP contribution < -0.4 is 10.2 Å². The number of rotatable bonds is 4. The number of benzene rings is 1. The molecule has 3 heteroatoms. The largest absolute Gasteiger partial charge is 0.378 e. The number of hydrogen-bond donors (Lipinski definition) is 1. The molecule has 0 spiro atoms. The summed E-state index contributed by atoms with van der Waals surface area (Å²) >= 11 is 0. The molecule has 0 bridgehead atoms. The van der Waals surface area contributed by atoms with E-state index in [0.29, 0.717) is 6.42 Å². The highest BCUT2D eigenvalue weighted by Gasteiger charge is 2.01. The van der Waals surface area contributed by atoms with Gasteiger partial charge in [-0.05, 0) is 24.6 Å². The maximum Gasteiger partial charge on any atom is 0.224 e. The third-order valence-corrected chi connectivity index (χ3v) is 2.12. The first-order valence-electron chi connectivity index (χ1n) is 5.20. The molecule has 0 aliphatic carbocycles. The van der Waals surface area contributed by atoms with Gasteiger partial charge in [-0.1, -0.05) is 13.0 Å². The zero-order valence-corrected chi connectivity index (χ0v) is 9.58. The predicted octanol–water partition coefficient (Wildman–Crippen LogP) is 2.49. The first kappa shape index (κ1) is 11.6. The lowest BCUT2D eigenvalue weighted by Gasteiger charge is -2.13. The molecule has 0 fully saturated rings. The minimum Gasteiger partial charge on any atom is -0.378 e. The lowest BCUT2D eigenvalue weighted by atomic mass is 10.2. The van der Waals surface area contributed by atoms with Crippen LogP contribution in [0.1, 0.15) is 19.8 Å². The molecule has 0 aliphatic heterocycles. The summed E-state index contributed by atoms with van der Waals surface area (Å²) in [6.07, 6.45) is 1.45. The standard InChI is InChI=1S/C12H18N2O/c1-4-6-12(15)13-10-7-5-8-11(9-10)14(2)3/h5,7-9H,4,6H2,1-3H3,(H,13,15). The van der Waals surface area contributed by atoms with E-state index in [1.807, 2.05) is 50.2 Å². The Balaban J connectivity index is 2.69. The number of amides is 1. The molecule has 82 valence electrons. The van der Waals surface area contributed by atoms with Crippen LogP contribution in [0.15, 0.2) is 24.3 Å². The fourth-order valence-corrected chi connectivity index (χ4v) is 1.31. The minimum absolute atomic E-state index is 0.0772. The average molecular weight is 206 g/mol. The highest BCUT2D eigenvalue weighted by molar-refractivity contribution is 5.91. The summed E-state index contributed by atoms with van der Waals surface area (Å²) in [5, 5.41) is 2.87. The third-order valence-electron chi connectivity index (χ3n) is 2.12. The summed E-state index contributed by atoms with van der Waals surface area (Å²) < 4.78 is 0. The number of nitrogens with one attached hydrogen (secondary N) is 1. The monoisotopic (exact) mass is 206 g/mol. The summed E-state index contributed by atoms with van der Waals surface area (Å²) in [5.41, 5.74) is 1.95. The van der Waals surface area contributed by atoms with Gasteiger partial charge in [0, 0.05) is 31.9 Å². The smallest absolute Gasteiger partial charge is 0.224 e. The second-order valence-electron chi connectivity index (χ2n) is 3.74. The van der Waals surface area contributed by atoms with Crippen LogP contribution >= 0.6 is 0 Å². The number of carbonyl (C=O) groups excluding carboxylic acids is 1. The zero-order valence-electron chi connectivity index (χ0n) is 9.58. The van der Waals surface area contributed by atoms with Crippen LogP contribution in [0.3, 0.4) is 0 Å². The van der Waals surface area contributed by atoms with Crippen molar-refractivity contribution < 1.29 is 4.79 Å². The van der Waals surface area contributed by atoms with Crippen molar-refractivity contribution >= 4 is 17.3 Å². The summed E-state index contributed by atoms with van der Waals surface area (Å²) in [4.78, 5) is 13.4. The summed E-state index contributed by atoms with van der Waals surface area (Å²) in [6, 6.07) is 7.82. The van der Waals surface area contributed by atoms with Gasteiger partial charge in [-0.15, -0.1) is 0 Å². The van der Waals surface area contributed by atoms with Gasteiger partial charge in [-0.25, -0.2) is 0 Å². The van der Waals surface area contributed by atoms with E-state index in [1.165, 1.54) is 0 Å². The molecule has 0 saturated carbocycles. The van der Waals surface area contributed by atoms with Gasteiger partial charge in [0.05, 0.1) is 0 Å². The average Bonchev–Trinajstić information content (AvgIpc) is 2.18. The lowest BCUT2D eigenvalue weighted by molar-refractivity contribution is -0.116. The highest BCUT2D eigenvalue weighted by atomic mass is 16.1. The van der Waals surface area contributed by atoms with E-state index < -0.39 is 0 Å². The van der Waals surface area contributed by atoms with Crippen molar-refractivity contribution in [1.29, 1.82) is 0 Å². The maximum absolute atomic E-state index is 11.4. The fraction of sp³-hybridized carbons (Fsp3) is 0.417. The Labute approximate surface area is 91.1 Å². The quantitative estimate of drug-likeness (QED) is 0.820. The van der Waals surface area contributed by atoms with E-state index in [9.17, 15) is 4.79 Å². The van der Waals surface area contributed by atoms with Crippen molar-refractivity contribution in [3.63, 3.8) is 0 Å². The van der Waals surface area contributed by atoms with Crippen molar-refractivity contribution in [2.45, 2.75) is 19.8 Å². The van der Waals surface area contributed by atoms with Gasteiger partial charge in [0.2, 0.25) is 5.91 Å². The molecule has 1 aromatic carbocycles.